The quantitative estimate of drug-likeness (QED) is 0.193. The Morgan fingerprint density at radius 2 is 0.872 bits per heavy atom. The van der Waals surface area contributed by atoms with E-state index in [0.29, 0.717) is 17.5 Å². The monoisotopic (exact) mass is 617 g/mol. The molecule has 47 heavy (non-hydrogen) atoms. The van der Waals surface area contributed by atoms with Crippen LogP contribution in [0, 0.1) is 0 Å². The average Bonchev–Trinajstić information content (AvgIpc) is 3.53. The van der Waals surface area contributed by atoms with Crippen LogP contribution < -0.4 is 0 Å². The van der Waals surface area contributed by atoms with Crippen LogP contribution in [0.2, 0.25) is 0 Å². The number of hydrogen-bond donors (Lipinski definition) is 0. The van der Waals surface area contributed by atoms with E-state index in [4.69, 9.17) is 15.0 Å². The van der Waals surface area contributed by atoms with Gasteiger partial charge in [0.05, 0.1) is 0 Å². The highest BCUT2D eigenvalue weighted by Crippen LogP contribution is 2.43. The highest BCUT2D eigenvalue weighted by molar-refractivity contribution is 7.26. The second kappa shape index (κ2) is 11.4. The molecule has 0 aliphatic carbocycles. The van der Waals surface area contributed by atoms with Crippen molar-refractivity contribution in [3.05, 3.63) is 164 Å². The SMILES string of the molecule is c1ccc(-c2ccc3c(c2)sc2c4ccccc4c(-c4nc(-c5ccccc5)nc(-c5ccccc5-c5ccccc5)n4)cc32)cc1. The molecule has 9 rings (SSSR count). The fourth-order valence-electron chi connectivity index (χ4n) is 6.47. The maximum absolute atomic E-state index is 5.24. The minimum absolute atomic E-state index is 0.653. The van der Waals surface area contributed by atoms with Crippen LogP contribution >= 0.6 is 11.3 Å². The summed E-state index contributed by atoms with van der Waals surface area (Å²) in [7, 11) is 0. The van der Waals surface area contributed by atoms with Gasteiger partial charge in [-0.05, 0) is 39.8 Å². The molecule has 0 saturated carbocycles. The molecule has 0 aliphatic rings. The summed E-state index contributed by atoms with van der Waals surface area (Å²) >= 11 is 1.85. The van der Waals surface area contributed by atoms with Gasteiger partial charge in [0.2, 0.25) is 0 Å². The number of aromatic nitrogens is 3. The molecule has 0 amide bonds. The molecule has 0 fully saturated rings. The Kier molecular flexibility index (Phi) is 6.65. The van der Waals surface area contributed by atoms with Gasteiger partial charge in [-0.25, -0.2) is 15.0 Å². The van der Waals surface area contributed by atoms with Crippen LogP contribution in [0.1, 0.15) is 0 Å². The van der Waals surface area contributed by atoms with E-state index in [9.17, 15) is 0 Å². The summed E-state index contributed by atoms with van der Waals surface area (Å²) in [6.45, 7) is 0. The molecular weight excluding hydrogens is 591 g/mol. The van der Waals surface area contributed by atoms with Gasteiger partial charge in [0.25, 0.3) is 0 Å². The second-order valence-electron chi connectivity index (χ2n) is 11.6. The van der Waals surface area contributed by atoms with Crippen LogP contribution in [0.25, 0.3) is 87.4 Å². The van der Waals surface area contributed by atoms with Crippen molar-refractivity contribution in [2.45, 2.75) is 0 Å². The standard InChI is InChI=1S/C43H27N3S/c1-4-14-28(15-5-1)31-24-25-34-37-27-38(33-21-11-12-22-35(33)40(37)47-39(34)26-31)43-45-41(30-18-8-3-9-19-30)44-42(46-43)36-23-13-10-20-32(36)29-16-6-2-7-17-29/h1-27H. The number of hydrogen-bond acceptors (Lipinski definition) is 4. The van der Waals surface area contributed by atoms with E-state index in [1.54, 1.807) is 0 Å². The summed E-state index contributed by atoms with van der Waals surface area (Å²) < 4.78 is 2.54. The van der Waals surface area contributed by atoms with Gasteiger partial charge in [0.15, 0.2) is 17.5 Å². The van der Waals surface area contributed by atoms with Crippen molar-refractivity contribution < 1.29 is 0 Å². The Morgan fingerprint density at radius 3 is 1.60 bits per heavy atom. The van der Waals surface area contributed by atoms with Crippen molar-refractivity contribution >= 4 is 42.3 Å². The molecule has 0 spiro atoms. The van der Waals surface area contributed by atoms with Crippen LogP contribution in [-0.4, -0.2) is 15.0 Å². The maximum Gasteiger partial charge on any atom is 0.164 e. The molecule has 2 aromatic heterocycles. The zero-order valence-electron chi connectivity index (χ0n) is 25.3. The first-order valence-corrected chi connectivity index (χ1v) is 16.5. The number of fused-ring (bicyclic) bond motifs is 5. The van der Waals surface area contributed by atoms with Gasteiger partial charge in [-0.3, -0.25) is 0 Å². The van der Waals surface area contributed by atoms with E-state index in [-0.39, 0.29) is 0 Å². The zero-order valence-corrected chi connectivity index (χ0v) is 26.2. The molecule has 3 nitrogen and oxygen atoms in total. The highest BCUT2D eigenvalue weighted by atomic mass is 32.1. The molecule has 7 aromatic carbocycles. The lowest BCUT2D eigenvalue weighted by Gasteiger charge is -2.13. The molecule has 0 N–H and O–H groups in total. The number of rotatable bonds is 5. The third-order valence-corrected chi connectivity index (χ3v) is 9.95. The first-order chi connectivity index (χ1) is 23.3. The molecule has 0 saturated heterocycles. The maximum atomic E-state index is 5.24. The summed E-state index contributed by atoms with van der Waals surface area (Å²) in [6.07, 6.45) is 0. The van der Waals surface area contributed by atoms with Gasteiger partial charge in [-0.15, -0.1) is 11.3 Å². The summed E-state index contributed by atoms with van der Waals surface area (Å²) in [6, 6.07) is 57.3. The molecule has 0 atom stereocenters. The molecule has 0 unspecified atom stereocenters. The minimum Gasteiger partial charge on any atom is -0.208 e. The number of thiophene rings is 1. The molecule has 2 heterocycles. The van der Waals surface area contributed by atoms with Crippen molar-refractivity contribution in [1.29, 1.82) is 0 Å². The summed E-state index contributed by atoms with van der Waals surface area (Å²) in [4.78, 5) is 15.5. The highest BCUT2D eigenvalue weighted by Gasteiger charge is 2.19. The van der Waals surface area contributed by atoms with Crippen LogP contribution in [-0.2, 0) is 0 Å². The fraction of sp³-hybridized carbons (Fsp3) is 0. The van der Waals surface area contributed by atoms with Gasteiger partial charge in [-0.1, -0.05) is 152 Å². The molecule has 220 valence electrons. The summed E-state index contributed by atoms with van der Waals surface area (Å²) in [5.74, 6) is 1.97. The van der Waals surface area contributed by atoms with Crippen LogP contribution in [0.3, 0.4) is 0 Å². The van der Waals surface area contributed by atoms with Gasteiger partial charge in [0.1, 0.15) is 0 Å². The zero-order chi connectivity index (χ0) is 31.2. The Labute approximate surface area is 276 Å². The third kappa shape index (κ3) is 4.87. The van der Waals surface area contributed by atoms with E-state index >= 15 is 0 Å². The Bertz CT molecular complexity index is 2560. The summed E-state index contributed by atoms with van der Waals surface area (Å²) in [5.41, 5.74) is 7.58. The van der Waals surface area contributed by atoms with Crippen LogP contribution in [0.15, 0.2) is 164 Å². The molecule has 0 radical (unpaired) electrons. The molecule has 0 aliphatic heterocycles. The lowest BCUT2D eigenvalue weighted by Crippen LogP contribution is -2.01. The van der Waals surface area contributed by atoms with E-state index in [2.05, 4.69) is 140 Å². The van der Waals surface area contributed by atoms with E-state index in [0.717, 1.165) is 33.2 Å². The lowest BCUT2D eigenvalue weighted by molar-refractivity contribution is 1.08. The first-order valence-electron chi connectivity index (χ1n) is 15.7. The number of benzene rings is 7. The predicted molar refractivity (Wildman–Crippen MR) is 197 cm³/mol. The lowest BCUT2D eigenvalue weighted by atomic mass is 9.98. The van der Waals surface area contributed by atoms with Gasteiger partial charge < -0.3 is 0 Å². The number of nitrogens with zero attached hydrogens (tertiary/aromatic N) is 3. The van der Waals surface area contributed by atoms with Crippen molar-refractivity contribution in [3.8, 4) is 56.4 Å². The Hall–Kier alpha value is -5.97. The topological polar surface area (TPSA) is 38.7 Å². The predicted octanol–water partition coefficient (Wildman–Crippen LogP) is 11.7. The van der Waals surface area contributed by atoms with Crippen molar-refractivity contribution in [2.75, 3.05) is 0 Å². The van der Waals surface area contributed by atoms with Gasteiger partial charge in [-0.2, -0.15) is 0 Å². The van der Waals surface area contributed by atoms with Gasteiger partial charge in [0, 0.05) is 42.2 Å². The van der Waals surface area contributed by atoms with Crippen LogP contribution in [0.5, 0.6) is 0 Å². The van der Waals surface area contributed by atoms with E-state index in [1.165, 1.54) is 36.7 Å². The van der Waals surface area contributed by atoms with E-state index in [1.807, 2.05) is 35.6 Å². The van der Waals surface area contributed by atoms with Crippen molar-refractivity contribution in [2.24, 2.45) is 0 Å². The largest absolute Gasteiger partial charge is 0.208 e. The van der Waals surface area contributed by atoms with Crippen molar-refractivity contribution in [1.82, 2.24) is 15.0 Å². The molecule has 4 heteroatoms. The smallest absolute Gasteiger partial charge is 0.164 e. The second-order valence-corrected chi connectivity index (χ2v) is 12.7. The molecule has 0 bridgehead atoms. The third-order valence-electron chi connectivity index (χ3n) is 8.75. The fourth-order valence-corrected chi connectivity index (χ4v) is 7.73. The Balaban J connectivity index is 1.30. The minimum atomic E-state index is 0.653. The van der Waals surface area contributed by atoms with E-state index < -0.39 is 0 Å². The molecule has 9 aromatic rings. The first kappa shape index (κ1) is 27.3. The van der Waals surface area contributed by atoms with Gasteiger partial charge >= 0.3 is 0 Å². The molecular formula is C43H27N3S. The van der Waals surface area contributed by atoms with Crippen LogP contribution in [0.4, 0.5) is 0 Å². The van der Waals surface area contributed by atoms with Crippen molar-refractivity contribution in [3.63, 3.8) is 0 Å². The summed E-state index contributed by atoms with van der Waals surface area (Å²) in [5, 5.41) is 4.78. The normalized spacial score (nSPS) is 11.4. The average molecular weight is 618 g/mol. The Morgan fingerprint density at radius 1 is 0.319 bits per heavy atom.